The molecule has 0 aromatic carbocycles. The van der Waals surface area contributed by atoms with Crippen molar-refractivity contribution in [3.8, 4) is 0 Å². The summed E-state index contributed by atoms with van der Waals surface area (Å²) in [5.74, 6) is -0.0861. The average molecular weight is 403 g/mol. The molecule has 0 atom stereocenters. The first kappa shape index (κ1) is 20.9. The van der Waals surface area contributed by atoms with Gasteiger partial charge in [-0.2, -0.15) is 0 Å². The summed E-state index contributed by atoms with van der Waals surface area (Å²) in [5.41, 5.74) is 0.306. The molecule has 2 heterocycles. The summed E-state index contributed by atoms with van der Waals surface area (Å²) in [4.78, 5) is 14.1. The maximum Gasteiger partial charge on any atom is 0.256 e. The number of rotatable bonds is 5. The second-order valence-electron chi connectivity index (χ2n) is 6.71. The van der Waals surface area contributed by atoms with E-state index in [4.69, 9.17) is 0 Å². The molecular formula is C17H27ClN4O3S. The molecule has 2 aliphatic heterocycles. The lowest BCUT2D eigenvalue weighted by Gasteiger charge is -2.28. The van der Waals surface area contributed by atoms with E-state index >= 15 is 0 Å². The minimum atomic E-state index is -3.48. The van der Waals surface area contributed by atoms with Crippen LogP contribution in [-0.2, 0) is 14.8 Å². The molecule has 26 heavy (non-hydrogen) atoms. The van der Waals surface area contributed by atoms with E-state index in [0.29, 0.717) is 31.2 Å². The quantitative estimate of drug-likeness (QED) is 0.534. The highest BCUT2D eigenvalue weighted by atomic mass is 35.5. The predicted octanol–water partition coefficient (Wildman–Crippen LogP) is 1.33. The second-order valence-corrected chi connectivity index (χ2v) is 8.47. The molecule has 0 spiro atoms. The van der Waals surface area contributed by atoms with Crippen LogP contribution >= 0.6 is 12.4 Å². The van der Waals surface area contributed by atoms with E-state index in [-0.39, 0.29) is 29.9 Å². The first-order valence-corrected chi connectivity index (χ1v) is 10.7. The molecule has 9 heteroatoms. The summed E-state index contributed by atoms with van der Waals surface area (Å²) in [5, 5.41) is 6.37. The molecule has 3 aliphatic rings. The number of halogens is 1. The van der Waals surface area contributed by atoms with Crippen LogP contribution in [-0.4, -0.2) is 56.5 Å². The highest BCUT2D eigenvalue weighted by Crippen LogP contribution is 2.18. The van der Waals surface area contributed by atoms with E-state index in [1.54, 1.807) is 23.3 Å². The van der Waals surface area contributed by atoms with Crippen LogP contribution in [0.15, 0.2) is 28.3 Å². The van der Waals surface area contributed by atoms with Crippen molar-refractivity contribution in [2.24, 2.45) is 4.40 Å². The summed E-state index contributed by atoms with van der Waals surface area (Å²) >= 11 is 0. The Kier molecular flexibility index (Phi) is 7.67. The van der Waals surface area contributed by atoms with Crippen LogP contribution in [0.25, 0.3) is 0 Å². The van der Waals surface area contributed by atoms with Crippen LogP contribution in [0.4, 0.5) is 0 Å². The Labute approximate surface area is 161 Å². The Morgan fingerprint density at radius 3 is 2.65 bits per heavy atom. The summed E-state index contributed by atoms with van der Waals surface area (Å²) in [6.07, 6.45) is 12.7. The topological polar surface area (TPSA) is 90.9 Å². The molecule has 1 saturated carbocycles. The van der Waals surface area contributed by atoms with E-state index in [0.717, 1.165) is 0 Å². The number of amides is 1. The first-order chi connectivity index (χ1) is 12.1. The first-order valence-electron chi connectivity index (χ1n) is 9.05. The Hall–Kier alpha value is -1.38. The van der Waals surface area contributed by atoms with Crippen LogP contribution in [0.3, 0.4) is 0 Å². The van der Waals surface area contributed by atoms with Crippen molar-refractivity contribution in [3.63, 3.8) is 0 Å². The lowest BCUT2D eigenvalue weighted by atomic mass is 10.1. The van der Waals surface area contributed by atoms with Gasteiger partial charge in [-0.3, -0.25) is 4.79 Å². The Morgan fingerprint density at radius 2 is 1.92 bits per heavy atom. The van der Waals surface area contributed by atoms with Gasteiger partial charge in [-0.05, 0) is 25.0 Å². The maximum absolute atomic E-state index is 12.4. The molecule has 1 fully saturated rings. The Balaban J connectivity index is 0.00000243. The molecule has 146 valence electrons. The zero-order chi connectivity index (χ0) is 17.7. The van der Waals surface area contributed by atoms with Gasteiger partial charge in [0, 0.05) is 31.9 Å². The summed E-state index contributed by atoms with van der Waals surface area (Å²) in [6.45, 7) is 1.55. The van der Waals surface area contributed by atoms with Crippen molar-refractivity contribution in [1.82, 2.24) is 15.5 Å². The fourth-order valence-electron chi connectivity index (χ4n) is 3.42. The zero-order valence-corrected chi connectivity index (χ0v) is 16.4. The van der Waals surface area contributed by atoms with Gasteiger partial charge in [-0.25, -0.2) is 8.42 Å². The van der Waals surface area contributed by atoms with E-state index in [2.05, 4.69) is 15.0 Å². The van der Waals surface area contributed by atoms with Gasteiger partial charge in [0.05, 0.1) is 11.3 Å². The molecule has 0 bridgehead atoms. The number of allylic oxidation sites excluding steroid dienone is 2. The van der Waals surface area contributed by atoms with Crippen molar-refractivity contribution in [2.75, 3.05) is 25.4 Å². The van der Waals surface area contributed by atoms with Crippen molar-refractivity contribution in [2.45, 2.75) is 44.6 Å². The number of fused-ring (bicyclic) bond motifs is 1. The smallest absolute Gasteiger partial charge is 0.256 e. The van der Waals surface area contributed by atoms with Crippen LogP contribution in [0.1, 0.15) is 38.5 Å². The number of hydrogen-bond acceptors (Lipinski definition) is 5. The van der Waals surface area contributed by atoms with E-state index < -0.39 is 10.0 Å². The molecule has 3 rings (SSSR count). The van der Waals surface area contributed by atoms with Gasteiger partial charge in [0.2, 0.25) is 0 Å². The van der Waals surface area contributed by atoms with Crippen molar-refractivity contribution < 1.29 is 13.2 Å². The molecular weight excluding hydrogens is 376 g/mol. The average Bonchev–Trinajstić information content (AvgIpc) is 2.86. The van der Waals surface area contributed by atoms with Gasteiger partial charge < -0.3 is 15.5 Å². The number of carbonyl (C=O) groups is 1. The van der Waals surface area contributed by atoms with E-state index in [1.165, 1.54) is 38.5 Å². The maximum atomic E-state index is 12.4. The Morgan fingerprint density at radius 1 is 1.19 bits per heavy atom. The van der Waals surface area contributed by atoms with E-state index in [9.17, 15) is 13.2 Å². The van der Waals surface area contributed by atoms with Crippen LogP contribution in [0, 0.1) is 0 Å². The molecule has 2 N–H and O–H groups in total. The molecule has 1 aliphatic carbocycles. The number of carbonyl (C=O) groups excluding carboxylic acids is 1. The molecule has 7 nitrogen and oxygen atoms in total. The van der Waals surface area contributed by atoms with Gasteiger partial charge in [0.1, 0.15) is 0 Å². The third-order valence-corrected chi connectivity index (χ3v) is 5.95. The normalized spacial score (nSPS) is 22.4. The van der Waals surface area contributed by atoms with Crippen LogP contribution in [0.2, 0.25) is 0 Å². The summed E-state index contributed by atoms with van der Waals surface area (Å²) < 4.78 is 27.2. The molecule has 0 aromatic heterocycles. The highest BCUT2D eigenvalue weighted by molar-refractivity contribution is 7.90. The number of amidine groups is 1. The fraction of sp³-hybridized carbons (Fsp3) is 0.647. The number of hydrogen-bond donors (Lipinski definition) is 2. The standard InChI is InChI=1S/C17H26N4O3S.ClH/c22-17(19-10-9-18-14-6-3-1-2-4-7-14)15-8-5-11-21-12-13-25(23,24)20-16(15)21;/h5,8,11,14,18H,1-4,6-7,9-10,12-13H2,(H,19,22);1H. The van der Waals surface area contributed by atoms with Crippen molar-refractivity contribution in [3.05, 3.63) is 23.9 Å². The molecule has 0 aromatic rings. The number of sulfonamides is 1. The fourth-order valence-corrected chi connectivity index (χ4v) is 4.41. The number of nitrogens with one attached hydrogen (secondary N) is 2. The SMILES string of the molecule is Cl.O=C(NCCNC1CCCCCC1)C1=CC=CN2CCS(=O)(=O)N=C12. The molecule has 0 saturated heterocycles. The second kappa shape index (κ2) is 9.53. The predicted molar refractivity (Wildman–Crippen MR) is 105 cm³/mol. The summed E-state index contributed by atoms with van der Waals surface area (Å²) in [6, 6.07) is 0.541. The van der Waals surface area contributed by atoms with Crippen molar-refractivity contribution in [1.29, 1.82) is 0 Å². The highest BCUT2D eigenvalue weighted by Gasteiger charge is 2.29. The lowest BCUT2D eigenvalue weighted by Crippen LogP contribution is -2.43. The Bertz CT molecular complexity index is 695. The van der Waals surface area contributed by atoms with Crippen molar-refractivity contribution >= 4 is 34.2 Å². The lowest BCUT2D eigenvalue weighted by molar-refractivity contribution is -0.117. The summed E-state index contributed by atoms with van der Waals surface area (Å²) in [7, 11) is -3.48. The van der Waals surface area contributed by atoms with Gasteiger partial charge >= 0.3 is 0 Å². The van der Waals surface area contributed by atoms with E-state index in [1.807, 2.05) is 0 Å². The van der Waals surface area contributed by atoms with Gasteiger partial charge in [0.25, 0.3) is 15.9 Å². The molecule has 0 radical (unpaired) electrons. The van der Waals surface area contributed by atoms with Gasteiger partial charge in [0.15, 0.2) is 5.84 Å². The largest absolute Gasteiger partial charge is 0.351 e. The monoisotopic (exact) mass is 402 g/mol. The number of nitrogens with zero attached hydrogens (tertiary/aromatic N) is 2. The molecule has 0 unspecified atom stereocenters. The zero-order valence-electron chi connectivity index (χ0n) is 14.8. The molecule has 1 amide bonds. The third-order valence-electron chi connectivity index (χ3n) is 4.80. The minimum Gasteiger partial charge on any atom is -0.351 e. The minimum absolute atomic E-state index is 0. The van der Waals surface area contributed by atoms with Gasteiger partial charge in [-0.15, -0.1) is 16.8 Å². The third kappa shape index (κ3) is 5.56. The van der Waals surface area contributed by atoms with Crippen LogP contribution in [0.5, 0.6) is 0 Å². The van der Waals surface area contributed by atoms with Gasteiger partial charge in [-0.1, -0.05) is 25.7 Å². The van der Waals surface area contributed by atoms with Crippen LogP contribution < -0.4 is 10.6 Å².